The Kier molecular flexibility index (Phi) is 5.93. The average molecular weight is 244 g/mol. The van der Waals surface area contributed by atoms with Gasteiger partial charge in [0.15, 0.2) is 0 Å². The van der Waals surface area contributed by atoms with Crippen LogP contribution in [0.25, 0.3) is 0 Å². The summed E-state index contributed by atoms with van der Waals surface area (Å²) in [6, 6.07) is -1.56. The second-order valence-electron chi connectivity index (χ2n) is 4.29. The number of carbonyl (C=O) groups excluding carboxylic acids is 1. The van der Waals surface area contributed by atoms with E-state index in [4.69, 9.17) is 10.2 Å². The Morgan fingerprint density at radius 1 is 1.29 bits per heavy atom. The fraction of sp³-hybridized carbons (Fsp3) is 0.818. The first-order valence-electron chi connectivity index (χ1n) is 6.02. The Bertz CT molecular complexity index is 262. The van der Waals surface area contributed by atoms with E-state index in [1.54, 1.807) is 0 Å². The fourth-order valence-electron chi connectivity index (χ4n) is 1.89. The van der Waals surface area contributed by atoms with Gasteiger partial charge in [-0.15, -0.1) is 0 Å². The van der Waals surface area contributed by atoms with E-state index in [1.165, 1.54) is 0 Å². The summed E-state index contributed by atoms with van der Waals surface area (Å²) in [6.07, 6.45) is 4.97. The second kappa shape index (κ2) is 7.24. The third kappa shape index (κ3) is 4.70. The van der Waals surface area contributed by atoms with Gasteiger partial charge in [0.25, 0.3) is 0 Å². The van der Waals surface area contributed by atoms with E-state index in [0.717, 1.165) is 32.2 Å². The van der Waals surface area contributed by atoms with E-state index in [1.807, 2.05) is 0 Å². The zero-order valence-corrected chi connectivity index (χ0v) is 9.82. The normalized spacial score (nSPS) is 23.2. The van der Waals surface area contributed by atoms with Crippen molar-refractivity contribution in [1.82, 2.24) is 10.6 Å². The van der Waals surface area contributed by atoms with Gasteiger partial charge in [0.2, 0.25) is 5.91 Å². The van der Waals surface area contributed by atoms with Crippen molar-refractivity contribution in [2.24, 2.45) is 0 Å². The van der Waals surface area contributed by atoms with E-state index in [-0.39, 0.29) is 11.9 Å². The topological polar surface area (TPSA) is 98.7 Å². The number of carbonyl (C=O) groups is 2. The zero-order chi connectivity index (χ0) is 12.7. The number of aliphatic carboxylic acids is 1. The first-order chi connectivity index (χ1) is 8.15. The number of carboxylic acid groups (broad SMARTS) is 1. The molecule has 1 aliphatic heterocycles. The summed E-state index contributed by atoms with van der Waals surface area (Å²) in [6.45, 7) is 0.183. The van der Waals surface area contributed by atoms with Gasteiger partial charge in [-0.05, 0) is 19.4 Å². The van der Waals surface area contributed by atoms with E-state index < -0.39 is 18.6 Å². The molecule has 1 fully saturated rings. The third-order valence-electron chi connectivity index (χ3n) is 2.92. The number of hydrogen-bond acceptors (Lipinski definition) is 4. The highest BCUT2D eigenvalue weighted by atomic mass is 16.4. The Balaban J connectivity index is 2.46. The van der Waals surface area contributed by atoms with Crippen molar-refractivity contribution < 1.29 is 19.8 Å². The van der Waals surface area contributed by atoms with Crippen LogP contribution in [0.2, 0.25) is 0 Å². The standard InChI is InChI=1S/C11H20N2O4/c14-7-9(11(16)17)13-10(15)8-5-3-1-2-4-6-12-8/h8-9,12,14H,1-7H2,(H,13,15)(H,16,17). The molecule has 0 aromatic carbocycles. The summed E-state index contributed by atoms with van der Waals surface area (Å²) in [7, 11) is 0. The highest BCUT2D eigenvalue weighted by molar-refractivity contribution is 5.86. The first-order valence-corrected chi connectivity index (χ1v) is 6.02. The van der Waals surface area contributed by atoms with Gasteiger partial charge < -0.3 is 20.8 Å². The summed E-state index contributed by atoms with van der Waals surface area (Å²) in [4.78, 5) is 22.5. The van der Waals surface area contributed by atoms with Crippen molar-refractivity contribution >= 4 is 11.9 Å². The highest BCUT2D eigenvalue weighted by Gasteiger charge is 2.24. The van der Waals surface area contributed by atoms with E-state index in [0.29, 0.717) is 6.42 Å². The molecule has 2 unspecified atom stereocenters. The summed E-state index contributed by atoms with van der Waals surface area (Å²) in [5, 5.41) is 23.0. The molecule has 0 aliphatic carbocycles. The number of hydrogen-bond donors (Lipinski definition) is 4. The average Bonchev–Trinajstić information content (AvgIpc) is 2.24. The van der Waals surface area contributed by atoms with Crippen molar-refractivity contribution in [1.29, 1.82) is 0 Å². The predicted molar refractivity (Wildman–Crippen MR) is 61.5 cm³/mol. The van der Waals surface area contributed by atoms with E-state index in [2.05, 4.69) is 10.6 Å². The van der Waals surface area contributed by atoms with Crippen LogP contribution < -0.4 is 10.6 Å². The Labute approximate surface area is 100 Å². The highest BCUT2D eigenvalue weighted by Crippen LogP contribution is 2.09. The van der Waals surface area contributed by atoms with Gasteiger partial charge in [0.1, 0.15) is 6.04 Å². The number of amides is 1. The molecule has 2 atom stereocenters. The molecule has 0 radical (unpaired) electrons. The second-order valence-corrected chi connectivity index (χ2v) is 4.29. The molecular weight excluding hydrogens is 224 g/mol. The van der Waals surface area contributed by atoms with Gasteiger partial charge in [-0.3, -0.25) is 4.79 Å². The van der Waals surface area contributed by atoms with Crippen molar-refractivity contribution in [2.45, 2.75) is 44.2 Å². The van der Waals surface area contributed by atoms with Crippen LogP contribution in [0.1, 0.15) is 32.1 Å². The number of carboxylic acids is 1. The van der Waals surface area contributed by atoms with Crippen molar-refractivity contribution in [3.63, 3.8) is 0 Å². The van der Waals surface area contributed by atoms with Crippen LogP contribution in [0, 0.1) is 0 Å². The molecule has 1 saturated heterocycles. The summed E-state index contributed by atoms with van der Waals surface area (Å²) in [5.41, 5.74) is 0. The molecular formula is C11H20N2O4. The smallest absolute Gasteiger partial charge is 0.328 e. The largest absolute Gasteiger partial charge is 0.480 e. The van der Waals surface area contributed by atoms with Crippen LogP contribution >= 0.6 is 0 Å². The van der Waals surface area contributed by atoms with E-state index in [9.17, 15) is 9.59 Å². The number of aliphatic hydroxyl groups is 1. The Hall–Kier alpha value is -1.14. The van der Waals surface area contributed by atoms with Crippen LogP contribution in [0.5, 0.6) is 0 Å². The van der Waals surface area contributed by atoms with Gasteiger partial charge in [0.05, 0.1) is 12.6 Å². The van der Waals surface area contributed by atoms with Crippen LogP contribution in [-0.2, 0) is 9.59 Å². The summed E-state index contributed by atoms with van der Waals surface area (Å²) in [5.74, 6) is -1.56. The number of aliphatic hydroxyl groups excluding tert-OH is 1. The minimum absolute atomic E-state index is 0.339. The van der Waals surface area contributed by atoms with Crippen LogP contribution in [0.15, 0.2) is 0 Å². The molecule has 0 saturated carbocycles. The lowest BCUT2D eigenvalue weighted by atomic mass is 10.0. The molecule has 6 nitrogen and oxygen atoms in total. The zero-order valence-electron chi connectivity index (χ0n) is 9.82. The van der Waals surface area contributed by atoms with Crippen LogP contribution in [0.3, 0.4) is 0 Å². The molecule has 1 aliphatic rings. The van der Waals surface area contributed by atoms with E-state index >= 15 is 0 Å². The molecule has 1 heterocycles. The Morgan fingerprint density at radius 2 is 2.00 bits per heavy atom. The predicted octanol–water partition coefficient (Wildman–Crippen LogP) is -0.530. The van der Waals surface area contributed by atoms with Gasteiger partial charge >= 0.3 is 5.97 Å². The molecule has 1 rings (SSSR count). The van der Waals surface area contributed by atoms with Gasteiger partial charge in [-0.2, -0.15) is 0 Å². The molecule has 4 N–H and O–H groups in total. The minimum atomic E-state index is -1.22. The SMILES string of the molecule is O=C(O)C(CO)NC(=O)C1CCCCCCN1. The molecule has 1 amide bonds. The lowest BCUT2D eigenvalue weighted by Gasteiger charge is -2.22. The van der Waals surface area contributed by atoms with Crippen molar-refractivity contribution in [3.8, 4) is 0 Å². The lowest BCUT2D eigenvalue weighted by Crippen LogP contribution is -2.51. The van der Waals surface area contributed by atoms with Crippen molar-refractivity contribution in [3.05, 3.63) is 0 Å². The molecule has 6 heteroatoms. The Morgan fingerprint density at radius 3 is 2.65 bits per heavy atom. The molecule has 0 aromatic rings. The quantitative estimate of drug-likeness (QED) is 0.533. The summed E-state index contributed by atoms with van der Waals surface area (Å²) >= 11 is 0. The minimum Gasteiger partial charge on any atom is -0.480 e. The van der Waals surface area contributed by atoms with Crippen LogP contribution in [0.4, 0.5) is 0 Å². The monoisotopic (exact) mass is 244 g/mol. The van der Waals surface area contributed by atoms with Gasteiger partial charge in [-0.1, -0.05) is 19.3 Å². The lowest BCUT2D eigenvalue weighted by molar-refractivity contribution is -0.143. The van der Waals surface area contributed by atoms with Crippen LogP contribution in [-0.4, -0.2) is 47.3 Å². The number of rotatable bonds is 4. The fourth-order valence-corrected chi connectivity index (χ4v) is 1.89. The first kappa shape index (κ1) is 13.9. The van der Waals surface area contributed by atoms with Gasteiger partial charge in [0, 0.05) is 0 Å². The van der Waals surface area contributed by atoms with Gasteiger partial charge in [-0.25, -0.2) is 4.79 Å². The maximum atomic E-state index is 11.8. The third-order valence-corrected chi connectivity index (χ3v) is 2.92. The molecule has 98 valence electrons. The maximum Gasteiger partial charge on any atom is 0.328 e. The molecule has 0 aromatic heterocycles. The molecule has 0 bridgehead atoms. The molecule has 17 heavy (non-hydrogen) atoms. The summed E-state index contributed by atoms with van der Waals surface area (Å²) < 4.78 is 0. The van der Waals surface area contributed by atoms with Crippen molar-refractivity contribution in [2.75, 3.05) is 13.2 Å². The maximum absolute atomic E-state index is 11.8. The molecule has 0 spiro atoms. The number of nitrogens with one attached hydrogen (secondary N) is 2.